The maximum absolute atomic E-state index is 12.8. The Bertz CT molecular complexity index is 598. The predicted molar refractivity (Wildman–Crippen MR) is 87.5 cm³/mol. The first kappa shape index (κ1) is 16.9. The van der Waals surface area contributed by atoms with E-state index in [-0.39, 0.29) is 6.04 Å². The van der Waals surface area contributed by atoms with Crippen molar-refractivity contribution in [1.29, 1.82) is 0 Å². The highest BCUT2D eigenvalue weighted by molar-refractivity contribution is 9.10. The third-order valence-electron chi connectivity index (χ3n) is 4.09. The zero-order chi connectivity index (χ0) is 15.6. The van der Waals surface area contributed by atoms with E-state index in [0.29, 0.717) is 15.9 Å². The molecule has 1 aromatic rings. The summed E-state index contributed by atoms with van der Waals surface area (Å²) in [7, 11) is 0.228. The SMILES string of the molecule is CN1CCC(N(C)S(=O)(=O)c2cc(CN)ccc2Br)CC1. The third kappa shape index (κ3) is 3.65. The normalized spacial score (nSPS) is 18.3. The third-order valence-corrected chi connectivity index (χ3v) is 6.99. The van der Waals surface area contributed by atoms with Crippen molar-refractivity contribution >= 4 is 26.0 Å². The molecule has 0 atom stereocenters. The lowest BCUT2D eigenvalue weighted by Gasteiger charge is -2.34. The Morgan fingerprint density at radius 1 is 1.38 bits per heavy atom. The van der Waals surface area contributed by atoms with Crippen LogP contribution in [0.3, 0.4) is 0 Å². The van der Waals surface area contributed by atoms with Gasteiger partial charge in [0.25, 0.3) is 0 Å². The van der Waals surface area contributed by atoms with Gasteiger partial charge in [0, 0.05) is 24.1 Å². The van der Waals surface area contributed by atoms with Gasteiger partial charge < -0.3 is 10.6 Å². The van der Waals surface area contributed by atoms with E-state index in [1.165, 1.54) is 4.31 Å². The van der Waals surface area contributed by atoms with Crippen molar-refractivity contribution in [2.75, 3.05) is 27.2 Å². The van der Waals surface area contributed by atoms with E-state index in [0.717, 1.165) is 31.5 Å². The summed E-state index contributed by atoms with van der Waals surface area (Å²) in [5, 5.41) is 0. The molecule has 2 N–H and O–H groups in total. The Morgan fingerprint density at radius 3 is 2.57 bits per heavy atom. The number of nitrogens with zero attached hydrogens (tertiary/aromatic N) is 2. The molecule has 1 aliphatic rings. The molecular weight excluding hydrogens is 354 g/mol. The van der Waals surface area contributed by atoms with Gasteiger partial charge in [-0.2, -0.15) is 4.31 Å². The van der Waals surface area contributed by atoms with Crippen LogP contribution in [0.25, 0.3) is 0 Å². The van der Waals surface area contributed by atoms with Gasteiger partial charge in [-0.1, -0.05) is 6.07 Å². The number of benzene rings is 1. The summed E-state index contributed by atoms with van der Waals surface area (Å²) in [4.78, 5) is 2.52. The second kappa shape index (κ2) is 6.75. The van der Waals surface area contributed by atoms with Crippen LogP contribution in [0.4, 0.5) is 0 Å². The molecule has 21 heavy (non-hydrogen) atoms. The molecule has 2 rings (SSSR count). The molecule has 0 amide bonds. The molecule has 0 bridgehead atoms. The van der Waals surface area contributed by atoms with Gasteiger partial charge in [-0.25, -0.2) is 8.42 Å². The first-order valence-corrected chi connectivity index (χ1v) is 9.24. The van der Waals surface area contributed by atoms with Crippen molar-refractivity contribution in [1.82, 2.24) is 9.21 Å². The summed E-state index contributed by atoms with van der Waals surface area (Å²) < 4.78 is 27.8. The number of hydrogen-bond acceptors (Lipinski definition) is 4. The van der Waals surface area contributed by atoms with E-state index in [2.05, 4.69) is 27.9 Å². The summed E-state index contributed by atoms with van der Waals surface area (Å²) in [5.74, 6) is 0. The Labute approximate surface area is 135 Å². The van der Waals surface area contributed by atoms with Crippen LogP contribution in [0, 0.1) is 0 Å². The molecule has 5 nitrogen and oxygen atoms in total. The van der Waals surface area contributed by atoms with Crippen LogP contribution in [0.5, 0.6) is 0 Å². The molecule has 1 saturated heterocycles. The monoisotopic (exact) mass is 375 g/mol. The molecule has 0 spiro atoms. The van der Waals surface area contributed by atoms with Gasteiger partial charge in [0.2, 0.25) is 10.0 Å². The molecule has 0 unspecified atom stereocenters. The fourth-order valence-corrected chi connectivity index (χ4v) is 4.97. The minimum absolute atomic E-state index is 0.0552. The topological polar surface area (TPSA) is 66.6 Å². The first-order chi connectivity index (χ1) is 9.86. The van der Waals surface area contributed by atoms with Crippen molar-refractivity contribution in [2.24, 2.45) is 5.73 Å². The van der Waals surface area contributed by atoms with Gasteiger partial charge in [-0.3, -0.25) is 0 Å². The summed E-state index contributed by atoms with van der Waals surface area (Å²) in [6, 6.07) is 5.29. The van der Waals surface area contributed by atoms with E-state index >= 15 is 0 Å². The summed E-state index contributed by atoms with van der Waals surface area (Å²) in [5.41, 5.74) is 6.43. The van der Waals surface area contributed by atoms with Gasteiger partial charge in [0.15, 0.2) is 0 Å². The van der Waals surface area contributed by atoms with Crippen LogP contribution in [0.15, 0.2) is 27.6 Å². The van der Waals surface area contributed by atoms with E-state index in [4.69, 9.17) is 5.73 Å². The second-order valence-corrected chi connectivity index (χ2v) is 8.34. The summed E-state index contributed by atoms with van der Waals surface area (Å²) >= 11 is 3.34. The molecule has 1 aliphatic heterocycles. The number of hydrogen-bond donors (Lipinski definition) is 1. The summed E-state index contributed by atoms with van der Waals surface area (Å²) in [6.07, 6.45) is 1.72. The molecule has 0 saturated carbocycles. The average Bonchev–Trinajstić information content (AvgIpc) is 2.47. The quantitative estimate of drug-likeness (QED) is 0.867. The Balaban J connectivity index is 2.29. The molecule has 1 fully saturated rings. The number of rotatable bonds is 4. The Kier molecular flexibility index (Phi) is 5.43. The Hall–Kier alpha value is -0.470. The fraction of sp³-hybridized carbons (Fsp3) is 0.571. The van der Waals surface area contributed by atoms with Crippen molar-refractivity contribution < 1.29 is 8.42 Å². The van der Waals surface area contributed by atoms with Crippen molar-refractivity contribution in [2.45, 2.75) is 30.3 Å². The lowest BCUT2D eigenvalue weighted by atomic mass is 10.1. The highest BCUT2D eigenvalue weighted by Crippen LogP contribution is 2.28. The minimum atomic E-state index is -3.51. The maximum atomic E-state index is 12.8. The average molecular weight is 376 g/mol. The predicted octanol–water partition coefficient (Wildman–Crippen LogP) is 1.62. The molecule has 1 heterocycles. The van der Waals surface area contributed by atoms with Gasteiger partial charge >= 0.3 is 0 Å². The van der Waals surface area contributed by atoms with Gasteiger partial charge in [0.05, 0.1) is 4.90 Å². The van der Waals surface area contributed by atoms with E-state index in [1.54, 1.807) is 19.2 Å². The number of likely N-dealkylation sites (tertiary alicyclic amines) is 1. The minimum Gasteiger partial charge on any atom is -0.326 e. The molecule has 1 aromatic carbocycles. The lowest BCUT2D eigenvalue weighted by Crippen LogP contribution is -2.44. The largest absolute Gasteiger partial charge is 0.326 e. The van der Waals surface area contributed by atoms with Crippen LogP contribution in [0.1, 0.15) is 18.4 Å². The van der Waals surface area contributed by atoms with Gasteiger partial charge in [-0.05, 0) is 66.6 Å². The number of piperidine rings is 1. The van der Waals surface area contributed by atoms with Crippen LogP contribution < -0.4 is 5.73 Å². The lowest BCUT2D eigenvalue weighted by molar-refractivity contribution is 0.197. The van der Waals surface area contributed by atoms with Crippen LogP contribution in [-0.2, 0) is 16.6 Å². The van der Waals surface area contributed by atoms with E-state index < -0.39 is 10.0 Å². The fourth-order valence-electron chi connectivity index (χ4n) is 2.58. The molecule has 0 aliphatic carbocycles. The van der Waals surface area contributed by atoms with Crippen LogP contribution in [-0.4, -0.2) is 50.8 Å². The molecule has 118 valence electrons. The van der Waals surface area contributed by atoms with Crippen molar-refractivity contribution in [3.05, 3.63) is 28.2 Å². The van der Waals surface area contributed by atoms with Crippen LogP contribution in [0.2, 0.25) is 0 Å². The number of sulfonamides is 1. The van der Waals surface area contributed by atoms with Gasteiger partial charge in [0.1, 0.15) is 0 Å². The molecule has 0 radical (unpaired) electrons. The van der Waals surface area contributed by atoms with Crippen molar-refractivity contribution in [3.63, 3.8) is 0 Å². The highest BCUT2D eigenvalue weighted by atomic mass is 79.9. The zero-order valence-electron chi connectivity index (χ0n) is 12.4. The molecule has 0 aromatic heterocycles. The number of halogens is 1. The summed E-state index contributed by atoms with van der Waals surface area (Å²) in [6.45, 7) is 2.18. The number of nitrogens with two attached hydrogens (primary N) is 1. The standard InChI is InChI=1S/C14H22BrN3O2S/c1-17-7-5-12(6-8-17)18(2)21(19,20)14-9-11(10-16)3-4-13(14)15/h3-4,9,12H,5-8,10,16H2,1-2H3. The second-order valence-electron chi connectivity index (χ2n) is 5.52. The van der Waals surface area contributed by atoms with E-state index in [9.17, 15) is 8.42 Å². The van der Waals surface area contributed by atoms with Crippen LogP contribution >= 0.6 is 15.9 Å². The Morgan fingerprint density at radius 2 is 2.00 bits per heavy atom. The highest BCUT2D eigenvalue weighted by Gasteiger charge is 2.31. The smallest absolute Gasteiger partial charge is 0.244 e. The molecular formula is C14H22BrN3O2S. The molecule has 7 heteroatoms. The van der Waals surface area contributed by atoms with Gasteiger partial charge in [-0.15, -0.1) is 0 Å². The van der Waals surface area contributed by atoms with E-state index in [1.807, 2.05) is 6.07 Å². The van der Waals surface area contributed by atoms with Crippen molar-refractivity contribution in [3.8, 4) is 0 Å². The maximum Gasteiger partial charge on any atom is 0.244 e. The zero-order valence-corrected chi connectivity index (χ0v) is 14.8. The first-order valence-electron chi connectivity index (χ1n) is 7.01.